The van der Waals surface area contributed by atoms with E-state index in [1.165, 1.54) is 12.1 Å². The van der Waals surface area contributed by atoms with Crippen LogP contribution in [0.4, 0.5) is 5.69 Å². The zero-order valence-electron chi connectivity index (χ0n) is 11.9. The molecule has 7 heteroatoms. The van der Waals surface area contributed by atoms with E-state index in [9.17, 15) is 14.9 Å². The minimum absolute atomic E-state index is 0.0801. The van der Waals surface area contributed by atoms with Gasteiger partial charge in [-0.15, -0.1) is 0 Å². The number of nitrogens with zero attached hydrogens (tertiary/aromatic N) is 1. The number of benzene rings is 1. The molecule has 1 amide bonds. The second kappa shape index (κ2) is 9.67. The molecule has 21 heavy (non-hydrogen) atoms. The summed E-state index contributed by atoms with van der Waals surface area (Å²) in [6.07, 6.45) is 2.86. The van der Waals surface area contributed by atoms with Crippen LogP contribution in [0.1, 0.15) is 36.5 Å². The number of non-ortho nitro benzene ring substituents is 1. The van der Waals surface area contributed by atoms with Gasteiger partial charge in [-0.25, -0.2) is 0 Å². The minimum Gasteiger partial charge on any atom is -0.381 e. The van der Waals surface area contributed by atoms with Crippen molar-refractivity contribution in [2.24, 2.45) is 0 Å². The van der Waals surface area contributed by atoms with E-state index in [1.807, 2.05) is 22.6 Å². The van der Waals surface area contributed by atoms with Crippen LogP contribution in [-0.4, -0.2) is 30.6 Å². The molecular weight excluding hydrogens is 387 g/mol. The fourth-order valence-electron chi connectivity index (χ4n) is 1.62. The van der Waals surface area contributed by atoms with Gasteiger partial charge in [0.25, 0.3) is 11.6 Å². The zero-order valence-corrected chi connectivity index (χ0v) is 14.1. The van der Waals surface area contributed by atoms with E-state index >= 15 is 0 Å². The van der Waals surface area contributed by atoms with Gasteiger partial charge >= 0.3 is 0 Å². The topological polar surface area (TPSA) is 81.5 Å². The predicted molar refractivity (Wildman–Crippen MR) is 88.5 cm³/mol. The Balaban J connectivity index is 2.41. The monoisotopic (exact) mass is 406 g/mol. The fourth-order valence-corrected chi connectivity index (χ4v) is 2.20. The maximum atomic E-state index is 12.0. The maximum Gasteiger partial charge on any atom is 0.270 e. The van der Waals surface area contributed by atoms with Crippen LogP contribution in [0.5, 0.6) is 0 Å². The van der Waals surface area contributed by atoms with Crippen molar-refractivity contribution in [3.05, 3.63) is 37.4 Å². The van der Waals surface area contributed by atoms with Gasteiger partial charge in [-0.1, -0.05) is 13.3 Å². The number of nitro groups is 1. The molecule has 0 atom stereocenters. The van der Waals surface area contributed by atoms with Crippen molar-refractivity contribution in [2.45, 2.75) is 26.2 Å². The van der Waals surface area contributed by atoms with Gasteiger partial charge in [0.05, 0.1) is 10.5 Å². The minimum atomic E-state index is -0.506. The molecule has 0 aromatic heterocycles. The van der Waals surface area contributed by atoms with E-state index in [-0.39, 0.29) is 11.6 Å². The summed E-state index contributed by atoms with van der Waals surface area (Å²) in [7, 11) is 0. The van der Waals surface area contributed by atoms with E-state index < -0.39 is 4.92 Å². The lowest BCUT2D eigenvalue weighted by molar-refractivity contribution is -0.384. The Morgan fingerprint density at radius 2 is 2.10 bits per heavy atom. The highest BCUT2D eigenvalue weighted by molar-refractivity contribution is 14.1. The number of amides is 1. The lowest BCUT2D eigenvalue weighted by atomic mass is 10.2. The first-order valence-electron chi connectivity index (χ1n) is 6.86. The first kappa shape index (κ1) is 17.8. The van der Waals surface area contributed by atoms with Gasteiger partial charge in [-0.05, 0) is 41.5 Å². The van der Waals surface area contributed by atoms with Crippen LogP contribution in [0.15, 0.2) is 18.2 Å². The van der Waals surface area contributed by atoms with E-state index in [0.717, 1.165) is 25.9 Å². The lowest BCUT2D eigenvalue weighted by Crippen LogP contribution is -2.26. The molecule has 1 N–H and O–H groups in total. The SMILES string of the molecule is CCCCOCCCNC(=O)c1cc([N+](=O)[O-])ccc1I. The summed E-state index contributed by atoms with van der Waals surface area (Å²) < 4.78 is 6.08. The van der Waals surface area contributed by atoms with Crippen LogP contribution in [0.2, 0.25) is 0 Å². The number of hydrogen-bond donors (Lipinski definition) is 1. The Bertz CT molecular complexity index is 494. The second-order valence-corrected chi connectivity index (χ2v) is 5.66. The number of carbonyl (C=O) groups is 1. The van der Waals surface area contributed by atoms with Gasteiger partial charge in [0.15, 0.2) is 0 Å². The first-order valence-corrected chi connectivity index (χ1v) is 7.94. The summed E-state index contributed by atoms with van der Waals surface area (Å²) in [6.45, 7) is 3.94. The summed E-state index contributed by atoms with van der Waals surface area (Å²) in [5.41, 5.74) is 0.250. The standard InChI is InChI=1S/C14H19IN2O4/c1-2-3-8-21-9-4-7-16-14(18)12-10-11(17(19)20)5-6-13(12)15/h5-6,10H,2-4,7-9H2,1H3,(H,16,18). The Labute approximate surface area is 137 Å². The molecule has 0 aliphatic carbocycles. The molecule has 0 saturated heterocycles. The Hall–Kier alpha value is -1.22. The molecule has 0 unspecified atom stereocenters. The van der Waals surface area contributed by atoms with E-state index in [0.29, 0.717) is 22.3 Å². The number of rotatable bonds is 9. The molecule has 1 aromatic carbocycles. The average Bonchev–Trinajstić information content (AvgIpc) is 2.46. The molecule has 6 nitrogen and oxygen atoms in total. The van der Waals surface area contributed by atoms with Crippen molar-refractivity contribution in [2.75, 3.05) is 19.8 Å². The first-order chi connectivity index (χ1) is 10.1. The van der Waals surface area contributed by atoms with Gasteiger partial charge < -0.3 is 10.1 Å². The van der Waals surface area contributed by atoms with Crippen LogP contribution < -0.4 is 5.32 Å². The lowest BCUT2D eigenvalue weighted by Gasteiger charge is -2.07. The fraction of sp³-hybridized carbons (Fsp3) is 0.500. The van der Waals surface area contributed by atoms with Gasteiger partial charge in [-0.3, -0.25) is 14.9 Å². The van der Waals surface area contributed by atoms with E-state index in [2.05, 4.69) is 12.2 Å². The maximum absolute atomic E-state index is 12.0. The van der Waals surface area contributed by atoms with E-state index in [4.69, 9.17) is 4.74 Å². The number of nitro benzene ring substituents is 1. The van der Waals surface area contributed by atoms with Gasteiger partial charge in [0.1, 0.15) is 0 Å². The third-order valence-corrected chi connectivity index (χ3v) is 3.74. The highest BCUT2D eigenvalue weighted by Crippen LogP contribution is 2.19. The largest absolute Gasteiger partial charge is 0.381 e. The summed E-state index contributed by atoms with van der Waals surface area (Å²) in [6, 6.07) is 4.26. The van der Waals surface area contributed by atoms with Crippen molar-refractivity contribution in [3.8, 4) is 0 Å². The normalized spacial score (nSPS) is 10.4. The molecule has 0 fully saturated rings. The van der Waals surface area contributed by atoms with Crippen molar-refractivity contribution in [1.29, 1.82) is 0 Å². The summed E-state index contributed by atoms with van der Waals surface area (Å²) in [5.74, 6) is -0.295. The summed E-state index contributed by atoms with van der Waals surface area (Å²) in [5, 5.41) is 13.5. The number of hydrogen-bond acceptors (Lipinski definition) is 4. The Morgan fingerprint density at radius 3 is 2.76 bits per heavy atom. The third-order valence-electron chi connectivity index (χ3n) is 2.80. The summed E-state index contributed by atoms with van der Waals surface area (Å²) in [4.78, 5) is 22.2. The molecule has 0 aliphatic rings. The van der Waals surface area contributed by atoms with E-state index in [1.54, 1.807) is 6.07 Å². The van der Waals surface area contributed by atoms with Crippen LogP contribution in [0, 0.1) is 13.7 Å². The third kappa shape index (κ3) is 6.38. The highest BCUT2D eigenvalue weighted by atomic mass is 127. The average molecular weight is 406 g/mol. The van der Waals surface area contributed by atoms with Crippen LogP contribution in [0.3, 0.4) is 0 Å². The van der Waals surface area contributed by atoms with Gasteiger partial charge in [0.2, 0.25) is 0 Å². The molecule has 0 heterocycles. The number of nitrogens with one attached hydrogen (secondary N) is 1. The van der Waals surface area contributed by atoms with Crippen LogP contribution >= 0.6 is 22.6 Å². The number of halogens is 1. The number of unbranched alkanes of at least 4 members (excludes halogenated alkanes) is 1. The summed E-state index contributed by atoms with van der Waals surface area (Å²) >= 11 is 1.99. The molecule has 0 radical (unpaired) electrons. The molecule has 1 aromatic rings. The Morgan fingerprint density at radius 1 is 1.38 bits per heavy atom. The Kier molecular flexibility index (Phi) is 8.21. The molecule has 1 rings (SSSR count). The van der Waals surface area contributed by atoms with Crippen LogP contribution in [0.25, 0.3) is 0 Å². The second-order valence-electron chi connectivity index (χ2n) is 4.50. The number of carbonyl (C=O) groups excluding carboxylic acids is 1. The van der Waals surface area contributed by atoms with Crippen molar-refractivity contribution >= 4 is 34.2 Å². The van der Waals surface area contributed by atoms with Crippen molar-refractivity contribution < 1.29 is 14.5 Å². The molecule has 116 valence electrons. The molecule has 0 spiro atoms. The molecular formula is C14H19IN2O4. The van der Waals surface area contributed by atoms with Gasteiger partial charge in [0, 0.05) is 35.5 Å². The highest BCUT2D eigenvalue weighted by Gasteiger charge is 2.14. The van der Waals surface area contributed by atoms with Crippen molar-refractivity contribution in [3.63, 3.8) is 0 Å². The van der Waals surface area contributed by atoms with Crippen LogP contribution in [-0.2, 0) is 4.74 Å². The quantitative estimate of drug-likeness (QED) is 0.296. The zero-order chi connectivity index (χ0) is 15.7. The molecule has 0 aliphatic heterocycles. The van der Waals surface area contributed by atoms with Gasteiger partial charge in [-0.2, -0.15) is 0 Å². The predicted octanol–water partition coefficient (Wildman–Crippen LogP) is 3.14. The molecule has 0 bridgehead atoms. The van der Waals surface area contributed by atoms with Crippen molar-refractivity contribution in [1.82, 2.24) is 5.32 Å². The number of ether oxygens (including phenoxy) is 1. The smallest absolute Gasteiger partial charge is 0.270 e. The molecule has 0 saturated carbocycles.